The number of hydrogen-bond acceptors (Lipinski definition) is 6. The summed E-state index contributed by atoms with van der Waals surface area (Å²) in [7, 11) is 0. The van der Waals surface area contributed by atoms with Crippen LogP contribution in [-0.4, -0.2) is 33.2 Å². The third-order valence-corrected chi connectivity index (χ3v) is 5.76. The number of nitrogens with zero attached hydrogens (tertiary/aromatic N) is 4. The number of fused-ring (bicyclic) bond motifs is 1. The molecule has 0 atom stereocenters. The lowest BCUT2D eigenvalue weighted by atomic mass is 10.0. The number of amides is 2. The molecule has 0 bridgehead atoms. The minimum absolute atomic E-state index is 0.0761. The molecule has 0 spiro atoms. The fourth-order valence-corrected chi connectivity index (χ4v) is 4.21. The van der Waals surface area contributed by atoms with E-state index in [0.29, 0.717) is 17.8 Å². The smallest absolute Gasteiger partial charge is 0.278 e. The summed E-state index contributed by atoms with van der Waals surface area (Å²) in [5.74, 6) is -0.795. The van der Waals surface area contributed by atoms with E-state index in [2.05, 4.69) is 4.98 Å². The molecule has 2 aliphatic heterocycles. The number of imide groups is 1. The Morgan fingerprint density at radius 2 is 1.66 bits per heavy atom. The molecule has 3 heterocycles. The predicted molar refractivity (Wildman–Crippen MR) is 117 cm³/mol. The second-order valence-electron chi connectivity index (χ2n) is 7.61. The van der Waals surface area contributed by atoms with Crippen molar-refractivity contribution in [2.75, 3.05) is 11.4 Å². The average Bonchev–Trinajstić information content (AvgIpc) is 3.34. The van der Waals surface area contributed by atoms with Gasteiger partial charge in [-0.15, -0.1) is 0 Å². The standard InChI is InChI=1S/C24H18N4O4/c29-23-21(18-5-7-19(8-6-18)28(31)32)22(26-14-11-17-3-1-2-4-20(17)26)24(30)27(23)15-16-9-12-25-13-10-16/h1-10,12-13H,11,14-15H2. The highest BCUT2D eigenvalue weighted by molar-refractivity contribution is 6.36. The molecule has 0 aliphatic carbocycles. The molecule has 2 aliphatic rings. The third kappa shape index (κ3) is 3.22. The van der Waals surface area contributed by atoms with Gasteiger partial charge < -0.3 is 4.90 Å². The number of aromatic nitrogens is 1. The van der Waals surface area contributed by atoms with Gasteiger partial charge in [0.2, 0.25) is 0 Å². The molecule has 2 aromatic carbocycles. The van der Waals surface area contributed by atoms with Crippen LogP contribution in [0, 0.1) is 10.1 Å². The topological polar surface area (TPSA) is 96.6 Å². The van der Waals surface area contributed by atoms with Crippen molar-refractivity contribution in [3.05, 3.63) is 106 Å². The normalized spacial score (nSPS) is 15.5. The third-order valence-electron chi connectivity index (χ3n) is 5.76. The van der Waals surface area contributed by atoms with Gasteiger partial charge in [0.1, 0.15) is 5.70 Å². The van der Waals surface area contributed by atoms with Crippen molar-refractivity contribution in [3.8, 4) is 0 Å². The number of carbonyl (C=O) groups excluding carboxylic acids is 2. The maximum atomic E-state index is 13.6. The van der Waals surface area contributed by atoms with Crippen molar-refractivity contribution in [2.45, 2.75) is 13.0 Å². The van der Waals surface area contributed by atoms with E-state index in [1.807, 2.05) is 29.2 Å². The van der Waals surface area contributed by atoms with Gasteiger partial charge in [0.15, 0.2) is 0 Å². The molecule has 32 heavy (non-hydrogen) atoms. The van der Waals surface area contributed by atoms with Gasteiger partial charge in [0.25, 0.3) is 17.5 Å². The summed E-state index contributed by atoms with van der Waals surface area (Å²) in [6, 6.07) is 17.1. The maximum absolute atomic E-state index is 13.6. The zero-order valence-corrected chi connectivity index (χ0v) is 17.0. The molecule has 3 aromatic rings. The quantitative estimate of drug-likeness (QED) is 0.353. The summed E-state index contributed by atoms with van der Waals surface area (Å²) >= 11 is 0. The fraction of sp³-hybridized carbons (Fsp3) is 0.125. The summed E-state index contributed by atoms with van der Waals surface area (Å²) in [4.78, 5) is 44.7. The van der Waals surface area contributed by atoms with Gasteiger partial charge in [-0.2, -0.15) is 0 Å². The van der Waals surface area contributed by atoms with Gasteiger partial charge in [0, 0.05) is 36.8 Å². The molecule has 0 saturated heterocycles. The Hall–Kier alpha value is -4.33. The molecule has 0 radical (unpaired) electrons. The van der Waals surface area contributed by atoms with Crippen LogP contribution in [0.2, 0.25) is 0 Å². The van der Waals surface area contributed by atoms with Crippen LogP contribution in [0.25, 0.3) is 5.57 Å². The Balaban J connectivity index is 1.61. The number of carbonyl (C=O) groups is 2. The summed E-state index contributed by atoms with van der Waals surface area (Å²) in [6.07, 6.45) is 3.99. The van der Waals surface area contributed by atoms with Crippen LogP contribution >= 0.6 is 0 Å². The van der Waals surface area contributed by atoms with Crippen molar-refractivity contribution in [1.29, 1.82) is 0 Å². The first-order valence-corrected chi connectivity index (χ1v) is 10.1. The Labute approximate surface area is 183 Å². The molecule has 0 N–H and O–H groups in total. The second kappa shape index (κ2) is 7.73. The van der Waals surface area contributed by atoms with E-state index in [-0.39, 0.29) is 23.7 Å². The Morgan fingerprint density at radius 3 is 2.38 bits per heavy atom. The van der Waals surface area contributed by atoms with E-state index in [0.717, 1.165) is 23.2 Å². The van der Waals surface area contributed by atoms with Crippen molar-refractivity contribution >= 4 is 28.8 Å². The molecule has 2 amide bonds. The molecule has 0 fully saturated rings. The number of benzene rings is 2. The van der Waals surface area contributed by atoms with Gasteiger partial charge in [-0.3, -0.25) is 29.6 Å². The number of para-hydroxylation sites is 1. The largest absolute Gasteiger partial charge is 0.336 e. The fourth-order valence-electron chi connectivity index (χ4n) is 4.21. The maximum Gasteiger partial charge on any atom is 0.278 e. The van der Waals surface area contributed by atoms with E-state index in [1.165, 1.54) is 29.2 Å². The summed E-state index contributed by atoms with van der Waals surface area (Å²) in [6.45, 7) is 0.697. The highest BCUT2D eigenvalue weighted by Gasteiger charge is 2.43. The molecular weight excluding hydrogens is 408 g/mol. The average molecular weight is 426 g/mol. The van der Waals surface area contributed by atoms with Crippen LogP contribution in [0.3, 0.4) is 0 Å². The van der Waals surface area contributed by atoms with Gasteiger partial charge in [0.05, 0.1) is 17.0 Å². The molecule has 0 saturated carbocycles. The van der Waals surface area contributed by atoms with Crippen LogP contribution in [0.4, 0.5) is 11.4 Å². The Morgan fingerprint density at radius 1 is 0.938 bits per heavy atom. The first-order chi connectivity index (χ1) is 15.5. The van der Waals surface area contributed by atoms with Gasteiger partial charge in [-0.05, 0) is 53.4 Å². The van der Waals surface area contributed by atoms with Crippen LogP contribution in [0.15, 0.2) is 78.8 Å². The first-order valence-electron chi connectivity index (χ1n) is 10.1. The van der Waals surface area contributed by atoms with E-state index in [4.69, 9.17) is 0 Å². The van der Waals surface area contributed by atoms with Gasteiger partial charge in [-0.1, -0.05) is 18.2 Å². The molecule has 158 valence electrons. The SMILES string of the molecule is O=C1C(c2ccc([N+](=O)[O-])cc2)=C(N2CCc3ccccc32)C(=O)N1Cc1ccncc1. The number of anilines is 1. The monoisotopic (exact) mass is 426 g/mol. The number of nitro groups is 1. The molecule has 8 nitrogen and oxygen atoms in total. The predicted octanol–water partition coefficient (Wildman–Crippen LogP) is 3.33. The van der Waals surface area contributed by atoms with Crippen LogP contribution in [0.1, 0.15) is 16.7 Å². The number of nitro benzene ring substituents is 1. The van der Waals surface area contributed by atoms with Gasteiger partial charge in [-0.25, -0.2) is 0 Å². The minimum atomic E-state index is -0.493. The lowest BCUT2D eigenvalue weighted by Crippen LogP contribution is -2.34. The number of non-ortho nitro benzene ring substituents is 1. The van der Waals surface area contributed by atoms with Crippen LogP contribution < -0.4 is 4.90 Å². The van der Waals surface area contributed by atoms with Crippen molar-refractivity contribution in [2.24, 2.45) is 0 Å². The molecule has 0 unspecified atom stereocenters. The highest BCUT2D eigenvalue weighted by atomic mass is 16.6. The zero-order chi connectivity index (χ0) is 22.2. The van der Waals surface area contributed by atoms with E-state index >= 15 is 0 Å². The molecule has 8 heteroatoms. The zero-order valence-electron chi connectivity index (χ0n) is 17.0. The summed E-state index contributed by atoms with van der Waals surface area (Å²) < 4.78 is 0. The summed E-state index contributed by atoms with van der Waals surface area (Å²) in [5.41, 5.74) is 3.76. The Kier molecular flexibility index (Phi) is 4.74. The number of rotatable bonds is 5. The molecular formula is C24H18N4O4. The van der Waals surface area contributed by atoms with E-state index in [9.17, 15) is 19.7 Å². The molecule has 5 rings (SSSR count). The van der Waals surface area contributed by atoms with Crippen molar-refractivity contribution < 1.29 is 14.5 Å². The van der Waals surface area contributed by atoms with Gasteiger partial charge >= 0.3 is 0 Å². The minimum Gasteiger partial charge on any atom is -0.336 e. The van der Waals surface area contributed by atoms with Crippen LogP contribution in [-0.2, 0) is 22.6 Å². The highest BCUT2D eigenvalue weighted by Crippen LogP contribution is 2.39. The number of hydrogen-bond donors (Lipinski definition) is 0. The Bertz CT molecular complexity index is 1270. The van der Waals surface area contributed by atoms with Crippen molar-refractivity contribution in [3.63, 3.8) is 0 Å². The lowest BCUT2D eigenvalue weighted by molar-refractivity contribution is -0.384. The molecule has 1 aromatic heterocycles. The van der Waals surface area contributed by atoms with E-state index < -0.39 is 10.8 Å². The first kappa shape index (κ1) is 19.6. The second-order valence-corrected chi connectivity index (χ2v) is 7.61. The van der Waals surface area contributed by atoms with Crippen molar-refractivity contribution in [1.82, 2.24) is 9.88 Å². The number of pyridine rings is 1. The van der Waals surface area contributed by atoms with E-state index in [1.54, 1.807) is 24.5 Å². The van der Waals surface area contributed by atoms with Crippen LogP contribution in [0.5, 0.6) is 0 Å². The lowest BCUT2D eigenvalue weighted by Gasteiger charge is -2.21. The summed E-state index contributed by atoms with van der Waals surface area (Å²) in [5, 5.41) is 11.1.